The molecule has 0 aliphatic heterocycles. The largest absolute Gasteiger partial charge is 0.486 e. The van der Waals surface area contributed by atoms with Crippen molar-refractivity contribution in [1.29, 1.82) is 0 Å². The fourth-order valence-electron chi connectivity index (χ4n) is 2.30. The van der Waals surface area contributed by atoms with Gasteiger partial charge in [0, 0.05) is 0 Å². The number of benzene rings is 2. The van der Waals surface area contributed by atoms with E-state index in [1.807, 2.05) is 20.8 Å². The molecule has 4 nitrogen and oxygen atoms in total. The summed E-state index contributed by atoms with van der Waals surface area (Å²) in [4.78, 5) is 22.8. The highest BCUT2D eigenvalue weighted by Gasteiger charge is 2.17. The first kappa shape index (κ1) is 19.9. The van der Waals surface area contributed by atoms with Crippen molar-refractivity contribution >= 4 is 23.9 Å². The third-order valence-corrected chi connectivity index (χ3v) is 3.69. The second-order valence-corrected chi connectivity index (χ2v) is 7.17. The molecule has 0 bridgehead atoms. The number of hydrogen-bond acceptors (Lipinski definition) is 4. The lowest BCUT2D eigenvalue weighted by Gasteiger charge is -2.19. The minimum atomic E-state index is -0.794. The number of carbonyl (C=O) groups is 2. The van der Waals surface area contributed by atoms with E-state index in [4.69, 9.17) is 21.1 Å². The Bertz CT molecular complexity index is 812. The molecule has 138 valence electrons. The van der Waals surface area contributed by atoms with Gasteiger partial charge in [-0.3, -0.25) is 9.59 Å². The molecule has 0 aliphatic rings. The van der Waals surface area contributed by atoms with Gasteiger partial charge >= 0.3 is 5.97 Å². The van der Waals surface area contributed by atoms with Crippen LogP contribution in [0.5, 0.6) is 5.75 Å². The average Bonchev–Trinajstić information content (AvgIpc) is 2.53. The molecular formula is C20H20ClFO4. The number of esters is 1. The van der Waals surface area contributed by atoms with Gasteiger partial charge in [0.1, 0.15) is 12.2 Å². The molecule has 2 aromatic carbocycles. The monoisotopic (exact) mass is 378 g/mol. The second kappa shape index (κ2) is 8.32. The van der Waals surface area contributed by atoms with Gasteiger partial charge in [-0.15, -0.1) is 0 Å². The molecule has 0 N–H and O–H groups in total. The molecule has 0 spiro atoms. The molecule has 0 atom stereocenters. The van der Waals surface area contributed by atoms with Gasteiger partial charge in [0.2, 0.25) is 0 Å². The third-order valence-electron chi connectivity index (χ3n) is 3.36. The van der Waals surface area contributed by atoms with Crippen LogP contribution in [0.2, 0.25) is 5.02 Å². The summed E-state index contributed by atoms with van der Waals surface area (Å²) in [6, 6.07) is 9.96. The zero-order valence-corrected chi connectivity index (χ0v) is 15.6. The number of aldehydes is 1. The first-order valence-corrected chi connectivity index (χ1v) is 8.43. The minimum Gasteiger partial charge on any atom is -0.486 e. The summed E-state index contributed by atoms with van der Waals surface area (Å²) in [7, 11) is 0. The molecule has 6 heteroatoms. The second-order valence-electron chi connectivity index (χ2n) is 6.76. The number of halogens is 2. The van der Waals surface area contributed by atoms with Crippen LogP contribution in [-0.2, 0) is 22.6 Å². The molecule has 0 saturated heterocycles. The van der Waals surface area contributed by atoms with Gasteiger partial charge in [-0.2, -0.15) is 0 Å². The topological polar surface area (TPSA) is 52.6 Å². The van der Waals surface area contributed by atoms with Gasteiger partial charge in [-0.05, 0) is 44.0 Å². The molecule has 0 amide bonds. The zero-order chi connectivity index (χ0) is 19.3. The quantitative estimate of drug-likeness (QED) is 0.537. The molecule has 0 radical (unpaired) electrons. The lowest BCUT2D eigenvalue weighted by atomic mass is 10.1. The van der Waals surface area contributed by atoms with E-state index in [2.05, 4.69) is 0 Å². The van der Waals surface area contributed by atoms with Crippen molar-refractivity contribution in [2.45, 2.75) is 39.4 Å². The number of carbonyl (C=O) groups excluding carboxylic acids is 2. The predicted octanol–water partition coefficient (Wildman–Crippen LogP) is 4.75. The van der Waals surface area contributed by atoms with Gasteiger partial charge in [0.05, 0.1) is 17.0 Å². The molecule has 26 heavy (non-hydrogen) atoms. The van der Waals surface area contributed by atoms with E-state index in [0.717, 1.165) is 11.1 Å². The molecule has 0 saturated carbocycles. The zero-order valence-electron chi connectivity index (χ0n) is 14.8. The van der Waals surface area contributed by atoms with Crippen molar-refractivity contribution in [2.75, 3.05) is 0 Å². The van der Waals surface area contributed by atoms with E-state index < -0.39 is 11.4 Å². The van der Waals surface area contributed by atoms with E-state index in [-0.39, 0.29) is 35.3 Å². The minimum absolute atomic E-state index is 0.0317. The van der Waals surface area contributed by atoms with Gasteiger partial charge in [-0.1, -0.05) is 35.9 Å². The summed E-state index contributed by atoms with van der Waals surface area (Å²) in [5, 5.41) is 0.0317. The molecular weight excluding hydrogens is 359 g/mol. The molecule has 2 rings (SSSR count). The van der Waals surface area contributed by atoms with Gasteiger partial charge in [0.15, 0.2) is 17.9 Å². The maximum Gasteiger partial charge on any atom is 0.310 e. The molecule has 0 aliphatic carbocycles. The van der Waals surface area contributed by atoms with Gasteiger partial charge < -0.3 is 9.47 Å². The van der Waals surface area contributed by atoms with Crippen LogP contribution in [0.4, 0.5) is 4.39 Å². The predicted molar refractivity (Wildman–Crippen MR) is 97.1 cm³/mol. The van der Waals surface area contributed by atoms with Crippen LogP contribution in [0.25, 0.3) is 0 Å². The van der Waals surface area contributed by atoms with Crippen molar-refractivity contribution in [3.8, 4) is 5.75 Å². The summed E-state index contributed by atoms with van der Waals surface area (Å²) in [5.74, 6) is -1.18. The van der Waals surface area contributed by atoms with Crippen molar-refractivity contribution in [1.82, 2.24) is 0 Å². The summed E-state index contributed by atoms with van der Waals surface area (Å²) in [6.07, 6.45) is 0.488. The Morgan fingerprint density at radius 3 is 2.54 bits per heavy atom. The van der Waals surface area contributed by atoms with Crippen molar-refractivity contribution in [3.05, 3.63) is 63.9 Å². The van der Waals surface area contributed by atoms with Crippen LogP contribution >= 0.6 is 11.6 Å². The standard InChI is InChI=1S/C20H20ClFO4/c1-20(2,3)26-18(24)10-13-5-4-6-14(9-13)12-25-17-8-7-16(21)15(11-23)19(17)22/h4-9,11H,10,12H2,1-3H3. The number of ether oxygens (including phenoxy) is 2. The maximum atomic E-state index is 14.1. The van der Waals surface area contributed by atoms with E-state index in [1.54, 1.807) is 24.3 Å². The Kier molecular flexibility index (Phi) is 6.37. The van der Waals surface area contributed by atoms with Crippen molar-refractivity contribution in [3.63, 3.8) is 0 Å². The van der Waals surface area contributed by atoms with E-state index in [1.165, 1.54) is 12.1 Å². The molecule has 0 unspecified atom stereocenters. The highest BCUT2D eigenvalue weighted by atomic mass is 35.5. The summed E-state index contributed by atoms with van der Waals surface area (Å²) >= 11 is 5.76. The van der Waals surface area contributed by atoms with Crippen LogP contribution in [0.1, 0.15) is 42.3 Å². The molecule has 0 aromatic heterocycles. The first-order chi connectivity index (χ1) is 12.2. The van der Waals surface area contributed by atoms with E-state index in [0.29, 0.717) is 6.29 Å². The van der Waals surface area contributed by atoms with Crippen molar-refractivity contribution in [2.24, 2.45) is 0 Å². The highest BCUT2D eigenvalue weighted by molar-refractivity contribution is 6.33. The van der Waals surface area contributed by atoms with Gasteiger partial charge in [-0.25, -0.2) is 4.39 Å². The summed E-state index contributed by atoms with van der Waals surface area (Å²) < 4.78 is 24.9. The van der Waals surface area contributed by atoms with E-state index >= 15 is 0 Å². The molecule has 2 aromatic rings. The lowest BCUT2D eigenvalue weighted by Crippen LogP contribution is -2.24. The normalized spacial score (nSPS) is 11.1. The van der Waals surface area contributed by atoms with Crippen LogP contribution < -0.4 is 4.74 Å². The summed E-state index contributed by atoms with van der Waals surface area (Å²) in [6.45, 7) is 5.51. The molecule has 0 fully saturated rings. The van der Waals surface area contributed by atoms with E-state index in [9.17, 15) is 14.0 Å². The molecule has 0 heterocycles. The smallest absolute Gasteiger partial charge is 0.310 e. The fraction of sp³-hybridized carbons (Fsp3) is 0.300. The number of hydrogen-bond donors (Lipinski definition) is 0. The Hall–Kier alpha value is -2.40. The number of rotatable bonds is 6. The average molecular weight is 379 g/mol. The lowest BCUT2D eigenvalue weighted by molar-refractivity contribution is -0.153. The maximum absolute atomic E-state index is 14.1. The Balaban J connectivity index is 2.05. The highest BCUT2D eigenvalue weighted by Crippen LogP contribution is 2.26. The van der Waals surface area contributed by atoms with Crippen LogP contribution in [0.15, 0.2) is 36.4 Å². The first-order valence-electron chi connectivity index (χ1n) is 8.05. The SMILES string of the molecule is CC(C)(C)OC(=O)Cc1cccc(COc2ccc(Cl)c(C=O)c2F)c1. The van der Waals surface area contributed by atoms with Crippen LogP contribution in [0, 0.1) is 5.82 Å². The van der Waals surface area contributed by atoms with Crippen LogP contribution in [-0.4, -0.2) is 17.9 Å². The Morgan fingerprint density at radius 2 is 1.88 bits per heavy atom. The van der Waals surface area contributed by atoms with Crippen LogP contribution in [0.3, 0.4) is 0 Å². The Labute approximate surface area is 156 Å². The van der Waals surface area contributed by atoms with Crippen molar-refractivity contribution < 1.29 is 23.5 Å². The van der Waals surface area contributed by atoms with Gasteiger partial charge in [0.25, 0.3) is 0 Å². The third kappa shape index (κ3) is 5.56. The summed E-state index contributed by atoms with van der Waals surface area (Å²) in [5.41, 5.74) is 0.752. The Morgan fingerprint density at radius 1 is 1.19 bits per heavy atom. The fourth-order valence-corrected chi connectivity index (χ4v) is 2.49.